The van der Waals surface area contributed by atoms with Gasteiger partial charge in [-0.15, -0.1) is 0 Å². The monoisotopic (exact) mass is 529 g/mol. The number of halogens is 1. The molecule has 9 heteroatoms. The van der Waals surface area contributed by atoms with Crippen molar-refractivity contribution in [1.29, 1.82) is 0 Å². The van der Waals surface area contributed by atoms with Crippen molar-refractivity contribution in [1.82, 2.24) is 9.88 Å². The van der Waals surface area contributed by atoms with E-state index in [1.54, 1.807) is 12.0 Å². The molecule has 0 bridgehead atoms. The van der Waals surface area contributed by atoms with Gasteiger partial charge in [-0.25, -0.2) is 4.98 Å². The quantitative estimate of drug-likeness (QED) is 0.486. The number of amides is 2. The molecule has 0 spiro atoms. The number of hydrogen-bond acceptors (Lipinski definition) is 6. The number of anilines is 1. The summed E-state index contributed by atoms with van der Waals surface area (Å²) >= 11 is 4.95. The molecule has 3 heterocycles. The van der Waals surface area contributed by atoms with Gasteiger partial charge in [0.2, 0.25) is 11.8 Å². The van der Waals surface area contributed by atoms with Crippen LogP contribution in [0.3, 0.4) is 0 Å². The van der Waals surface area contributed by atoms with Gasteiger partial charge in [-0.1, -0.05) is 33.3 Å². The van der Waals surface area contributed by atoms with E-state index in [2.05, 4.69) is 20.9 Å². The molecule has 2 fully saturated rings. The third-order valence-electron chi connectivity index (χ3n) is 6.19. The maximum absolute atomic E-state index is 13.1. The Labute approximate surface area is 204 Å². The lowest BCUT2D eigenvalue weighted by atomic mass is 10.0. The second-order valence-corrected chi connectivity index (χ2v) is 10.3. The highest BCUT2D eigenvalue weighted by atomic mass is 79.9. The molecular formula is C24H24BrN3O4S. The number of likely N-dealkylation sites (tertiary alicyclic amines) is 1. The number of piperidine rings is 1. The Hall–Kier alpha value is -2.65. The number of carbonyl (C=O) groups is 2. The fourth-order valence-corrected chi connectivity index (χ4v) is 5.72. The molecular weight excluding hydrogens is 506 g/mol. The maximum Gasteiger partial charge on any atom is 0.274 e. The lowest BCUT2D eigenvalue weighted by Gasteiger charge is -2.33. The van der Waals surface area contributed by atoms with Crippen molar-refractivity contribution in [2.75, 3.05) is 31.6 Å². The topological polar surface area (TPSA) is 72.0 Å². The van der Waals surface area contributed by atoms with Crippen LogP contribution in [0.5, 0.6) is 10.9 Å². The largest absolute Gasteiger partial charge is 0.497 e. The summed E-state index contributed by atoms with van der Waals surface area (Å²) < 4.78 is 13.3. The molecule has 2 saturated heterocycles. The van der Waals surface area contributed by atoms with Gasteiger partial charge < -0.3 is 19.3 Å². The maximum atomic E-state index is 13.1. The van der Waals surface area contributed by atoms with Crippen LogP contribution in [-0.2, 0) is 9.59 Å². The molecule has 1 aromatic heterocycles. The molecule has 5 rings (SSSR count). The minimum absolute atomic E-state index is 0.00265. The number of methoxy groups -OCH3 is 1. The second kappa shape index (κ2) is 9.30. The fourth-order valence-electron chi connectivity index (χ4n) is 4.42. The first-order chi connectivity index (χ1) is 16.0. The van der Waals surface area contributed by atoms with Gasteiger partial charge in [-0.05, 0) is 36.4 Å². The lowest BCUT2D eigenvalue weighted by molar-refractivity contribution is -0.137. The number of benzene rings is 2. The van der Waals surface area contributed by atoms with E-state index in [0.717, 1.165) is 39.0 Å². The van der Waals surface area contributed by atoms with Gasteiger partial charge in [0.1, 0.15) is 11.9 Å². The number of rotatable bonds is 5. The first kappa shape index (κ1) is 22.2. The molecule has 2 aromatic carbocycles. The highest BCUT2D eigenvalue weighted by Crippen LogP contribution is 2.33. The highest BCUT2D eigenvalue weighted by molar-refractivity contribution is 9.10. The van der Waals surface area contributed by atoms with Gasteiger partial charge in [0.25, 0.3) is 5.19 Å². The third kappa shape index (κ3) is 4.70. The predicted octanol–water partition coefficient (Wildman–Crippen LogP) is 4.49. The van der Waals surface area contributed by atoms with Gasteiger partial charge in [0.15, 0.2) is 0 Å². The third-order valence-corrected chi connectivity index (χ3v) is 7.59. The molecule has 0 aliphatic carbocycles. The molecule has 1 unspecified atom stereocenters. The zero-order valence-electron chi connectivity index (χ0n) is 18.2. The fraction of sp³-hybridized carbons (Fsp3) is 0.375. The Morgan fingerprint density at radius 1 is 1.18 bits per heavy atom. The lowest BCUT2D eigenvalue weighted by Crippen LogP contribution is -2.44. The Bertz CT molecular complexity index is 1190. The van der Waals surface area contributed by atoms with E-state index in [1.807, 2.05) is 47.4 Å². The minimum atomic E-state index is -0.298. The van der Waals surface area contributed by atoms with Gasteiger partial charge in [-0.2, -0.15) is 0 Å². The number of fused-ring (bicyclic) bond motifs is 1. The molecule has 0 saturated carbocycles. The van der Waals surface area contributed by atoms with Crippen LogP contribution >= 0.6 is 27.3 Å². The van der Waals surface area contributed by atoms with E-state index in [-0.39, 0.29) is 30.3 Å². The molecule has 3 aromatic rings. The van der Waals surface area contributed by atoms with Gasteiger partial charge >= 0.3 is 0 Å². The van der Waals surface area contributed by atoms with E-state index >= 15 is 0 Å². The summed E-state index contributed by atoms with van der Waals surface area (Å²) in [6.45, 7) is 1.69. The van der Waals surface area contributed by atoms with Crippen molar-refractivity contribution in [2.45, 2.75) is 25.4 Å². The molecule has 172 valence electrons. The van der Waals surface area contributed by atoms with Crippen LogP contribution < -0.4 is 14.4 Å². The van der Waals surface area contributed by atoms with Crippen LogP contribution in [0.2, 0.25) is 0 Å². The smallest absolute Gasteiger partial charge is 0.274 e. The van der Waals surface area contributed by atoms with Crippen molar-refractivity contribution in [3.05, 3.63) is 46.9 Å². The number of thiazole rings is 1. The standard InChI is InChI=1S/C24H24BrN3O4S/c1-31-19-5-6-20-21(13-19)33-24(26-20)32-18-7-9-27(10-8-18)23(30)15-11-22(29)28(14-15)17-4-2-3-16(25)12-17/h2-6,12-13,15,18H,7-11,14H2,1H3. The first-order valence-electron chi connectivity index (χ1n) is 11.0. The summed E-state index contributed by atoms with van der Waals surface area (Å²) in [6, 6.07) is 13.4. The first-order valence-corrected chi connectivity index (χ1v) is 12.6. The molecule has 0 radical (unpaired) electrons. The van der Waals surface area contributed by atoms with Crippen molar-refractivity contribution in [3.63, 3.8) is 0 Å². The zero-order valence-corrected chi connectivity index (χ0v) is 20.6. The summed E-state index contributed by atoms with van der Waals surface area (Å²) in [5, 5.41) is 0.647. The minimum Gasteiger partial charge on any atom is -0.497 e. The van der Waals surface area contributed by atoms with Crippen LogP contribution in [0.15, 0.2) is 46.9 Å². The van der Waals surface area contributed by atoms with E-state index in [0.29, 0.717) is 24.8 Å². The van der Waals surface area contributed by atoms with Crippen LogP contribution in [0.1, 0.15) is 19.3 Å². The molecule has 2 aliphatic heterocycles. The van der Waals surface area contributed by atoms with Crippen molar-refractivity contribution < 1.29 is 19.1 Å². The summed E-state index contributed by atoms with van der Waals surface area (Å²) in [5.74, 6) is 0.560. The molecule has 33 heavy (non-hydrogen) atoms. The Morgan fingerprint density at radius 2 is 2.00 bits per heavy atom. The average molecular weight is 530 g/mol. The normalized spacial score (nSPS) is 19.3. The molecule has 1 atom stereocenters. The molecule has 2 aliphatic rings. The van der Waals surface area contributed by atoms with Crippen molar-refractivity contribution in [3.8, 4) is 10.9 Å². The number of aromatic nitrogens is 1. The Morgan fingerprint density at radius 3 is 2.76 bits per heavy atom. The second-order valence-electron chi connectivity index (χ2n) is 8.34. The predicted molar refractivity (Wildman–Crippen MR) is 131 cm³/mol. The van der Waals surface area contributed by atoms with Gasteiger partial charge in [0.05, 0.1) is 23.2 Å². The molecule has 0 N–H and O–H groups in total. The Kier molecular flexibility index (Phi) is 6.25. The van der Waals surface area contributed by atoms with Gasteiger partial charge in [-0.3, -0.25) is 9.59 Å². The SMILES string of the molecule is COc1ccc2nc(OC3CCN(C(=O)C4CC(=O)N(c5cccc(Br)c5)C4)CC3)sc2c1. The summed E-state index contributed by atoms with van der Waals surface area (Å²) in [6.07, 6.45) is 1.79. The van der Waals surface area contributed by atoms with E-state index < -0.39 is 0 Å². The average Bonchev–Trinajstić information content (AvgIpc) is 3.41. The van der Waals surface area contributed by atoms with Crippen molar-refractivity contribution >= 4 is 55.0 Å². The molecule has 7 nitrogen and oxygen atoms in total. The summed E-state index contributed by atoms with van der Waals surface area (Å²) in [5.41, 5.74) is 1.72. The van der Waals surface area contributed by atoms with Crippen LogP contribution in [0.25, 0.3) is 10.2 Å². The highest BCUT2D eigenvalue weighted by Gasteiger charge is 2.38. The summed E-state index contributed by atoms with van der Waals surface area (Å²) in [4.78, 5) is 33.8. The van der Waals surface area contributed by atoms with Gasteiger partial charge in [0, 0.05) is 49.1 Å². The molecule has 2 amide bonds. The Balaban J connectivity index is 1.16. The van der Waals surface area contributed by atoms with E-state index in [9.17, 15) is 9.59 Å². The van der Waals surface area contributed by atoms with Crippen LogP contribution in [-0.4, -0.2) is 54.5 Å². The number of hydrogen-bond donors (Lipinski definition) is 0. The summed E-state index contributed by atoms with van der Waals surface area (Å²) in [7, 11) is 1.65. The van der Waals surface area contributed by atoms with Crippen molar-refractivity contribution in [2.24, 2.45) is 5.92 Å². The zero-order chi connectivity index (χ0) is 22.9. The number of nitrogens with zero attached hydrogens (tertiary/aromatic N) is 3. The van der Waals surface area contributed by atoms with E-state index in [4.69, 9.17) is 9.47 Å². The van der Waals surface area contributed by atoms with Crippen LogP contribution in [0, 0.1) is 5.92 Å². The number of ether oxygens (including phenoxy) is 2. The van der Waals surface area contributed by atoms with Crippen LogP contribution in [0.4, 0.5) is 5.69 Å². The van der Waals surface area contributed by atoms with E-state index in [1.165, 1.54) is 11.3 Å². The number of carbonyl (C=O) groups excluding carboxylic acids is 2.